The van der Waals surface area contributed by atoms with Crippen LogP contribution in [0, 0.1) is 12.7 Å². The molecule has 190 valence electrons. The third-order valence-corrected chi connectivity index (χ3v) is 6.93. The van der Waals surface area contributed by atoms with Crippen molar-refractivity contribution in [1.29, 1.82) is 0 Å². The summed E-state index contributed by atoms with van der Waals surface area (Å²) in [5.74, 6) is -1.38. The van der Waals surface area contributed by atoms with Gasteiger partial charge < -0.3 is 10.2 Å². The van der Waals surface area contributed by atoms with Crippen LogP contribution in [0.3, 0.4) is 0 Å². The first-order chi connectivity index (χ1) is 17.1. The Morgan fingerprint density at radius 2 is 1.53 bits per heavy atom. The average molecular weight is 512 g/mol. The number of rotatable bonds is 10. The Morgan fingerprint density at radius 1 is 0.917 bits per heavy atom. The molecule has 2 amide bonds. The molecule has 0 saturated heterocycles. The molecule has 3 rings (SSSR count). The lowest BCUT2D eigenvalue weighted by molar-refractivity contribution is -0.139. The minimum atomic E-state index is -3.81. The highest BCUT2D eigenvalue weighted by molar-refractivity contribution is 7.92. The number of sulfonamides is 1. The molecule has 0 aliphatic carbocycles. The second-order valence-electron chi connectivity index (χ2n) is 8.57. The first kappa shape index (κ1) is 26.9. The lowest BCUT2D eigenvalue weighted by atomic mass is 10.0. The number of amides is 2. The summed E-state index contributed by atoms with van der Waals surface area (Å²) in [6.07, 6.45) is 1.25. The van der Waals surface area contributed by atoms with E-state index in [0.717, 1.165) is 21.7 Å². The van der Waals surface area contributed by atoms with Crippen LogP contribution in [0.2, 0.25) is 0 Å². The Morgan fingerprint density at radius 3 is 2.08 bits per heavy atom. The van der Waals surface area contributed by atoms with Crippen molar-refractivity contribution in [1.82, 2.24) is 10.2 Å². The quantitative estimate of drug-likeness (QED) is 0.453. The third-order valence-electron chi connectivity index (χ3n) is 5.78. The Labute approximate surface area is 211 Å². The van der Waals surface area contributed by atoms with Crippen LogP contribution in [-0.4, -0.2) is 51.0 Å². The lowest BCUT2D eigenvalue weighted by Crippen LogP contribution is -2.52. The summed E-state index contributed by atoms with van der Waals surface area (Å²) in [5.41, 5.74) is 2.73. The number of likely N-dealkylation sites (N-methyl/N-ethyl adjacent to an activating group) is 1. The number of aryl methyl sites for hydroxylation is 1. The van der Waals surface area contributed by atoms with Gasteiger partial charge in [0.15, 0.2) is 0 Å². The summed E-state index contributed by atoms with van der Waals surface area (Å²) in [5, 5.41) is 2.61. The van der Waals surface area contributed by atoms with Crippen molar-refractivity contribution in [3.8, 4) is 0 Å². The van der Waals surface area contributed by atoms with E-state index in [1.165, 1.54) is 36.2 Å². The van der Waals surface area contributed by atoms with Crippen molar-refractivity contribution in [3.05, 3.63) is 101 Å². The fourth-order valence-electron chi connectivity index (χ4n) is 3.83. The van der Waals surface area contributed by atoms with Crippen LogP contribution in [0.5, 0.6) is 0 Å². The van der Waals surface area contributed by atoms with Crippen LogP contribution >= 0.6 is 0 Å². The molecule has 0 saturated carbocycles. The first-order valence-electron chi connectivity index (χ1n) is 11.4. The molecule has 36 heavy (non-hydrogen) atoms. The van der Waals surface area contributed by atoms with Gasteiger partial charge in [-0.3, -0.25) is 13.9 Å². The molecule has 0 bridgehead atoms. The molecule has 0 fully saturated rings. The molecule has 0 spiro atoms. The molecule has 1 N–H and O–H groups in total. The van der Waals surface area contributed by atoms with Crippen molar-refractivity contribution >= 4 is 27.5 Å². The number of carbonyl (C=O) groups excluding carboxylic acids is 2. The van der Waals surface area contributed by atoms with E-state index in [2.05, 4.69) is 5.32 Å². The normalized spacial score (nSPS) is 12.0. The number of anilines is 1. The molecular weight excluding hydrogens is 481 g/mol. The molecule has 0 heterocycles. The first-order valence-corrected chi connectivity index (χ1v) is 13.3. The maximum atomic E-state index is 13.7. The Balaban J connectivity index is 2.00. The minimum Gasteiger partial charge on any atom is -0.357 e. The monoisotopic (exact) mass is 511 g/mol. The number of carbonyl (C=O) groups is 2. The van der Waals surface area contributed by atoms with Crippen molar-refractivity contribution in [3.63, 3.8) is 0 Å². The van der Waals surface area contributed by atoms with Crippen LogP contribution in [0.1, 0.15) is 16.7 Å². The van der Waals surface area contributed by atoms with Gasteiger partial charge in [-0.15, -0.1) is 0 Å². The van der Waals surface area contributed by atoms with Crippen molar-refractivity contribution < 1.29 is 22.4 Å². The van der Waals surface area contributed by atoms with Crippen molar-refractivity contribution in [2.75, 3.05) is 24.2 Å². The van der Waals surface area contributed by atoms with Gasteiger partial charge in [-0.2, -0.15) is 0 Å². The summed E-state index contributed by atoms with van der Waals surface area (Å²) in [4.78, 5) is 28.1. The second kappa shape index (κ2) is 11.8. The van der Waals surface area contributed by atoms with Crippen LogP contribution in [0.4, 0.5) is 10.1 Å². The highest BCUT2D eigenvalue weighted by Gasteiger charge is 2.32. The predicted molar refractivity (Wildman–Crippen MR) is 138 cm³/mol. The van der Waals surface area contributed by atoms with Gasteiger partial charge in [0.2, 0.25) is 21.8 Å². The molecule has 7 nitrogen and oxygen atoms in total. The lowest BCUT2D eigenvalue weighted by Gasteiger charge is -2.33. The fraction of sp³-hybridized carbons (Fsp3) is 0.259. The predicted octanol–water partition coefficient (Wildman–Crippen LogP) is 3.29. The molecule has 0 aliphatic heterocycles. The highest BCUT2D eigenvalue weighted by Crippen LogP contribution is 2.21. The Kier molecular flexibility index (Phi) is 8.82. The smallest absolute Gasteiger partial charge is 0.244 e. The number of hydrogen-bond acceptors (Lipinski definition) is 4. The zero-order valence-corrected chi connectivity index (χ0v) is 21.3. The maximum Gasteiger partial charge on any atom is 0.244 e. The van der Waals surface area contributed by atoms with E-state index >= 15 is 0 Å². The molecule has 9 heteroatoms. The van der Waals surface area contributed by atoms with Crippen LogP contribution in [0.15, 0.2) is 78.9 Å². The maximum absolute atomic E-state index is 13.7. The van der Waals surface area contributed by atoms with Gasteiger partial charge in [-0.05, 0) is 42.3 Å². The standard InChI is InChI=1S/C27H30FN3O4S/c1-20-9-15-24(16-10-20)31(36(3,34)35)19-26(32)30(18-22-11-13-23(28)14-12-22)25(27(33)29-2)17-21-7-5-4-6-8-21/h4-16,25H,17-19H2,1-3H3,(H,29,33)/t25-/m0/s1. The summed E-state index contributed by atoms with van der Waals surface area (Å²) in [6.45, 7) is 1.38. The summed E-state index contributed by atoms with van der Waals surface area (Å²) >= 11 is 0. The van der Waals surface area contributed by atoms with E-state index in [1.54, 1.807) is 24.3 Å². The molecule has 3 aromatic carbocycles. The molecule has 3 aromatic rings. The summed E-state index contributed by atoms with van der Waals surface area (Å²) in [6, 6.07) is 20.7. The topological polar surface area (TPSA) is 86.8 Å². The van der Waals surface area contributed by atoms with Crippen LogP contribution in [0.25, 0.3) is 0 Å². The average Bonchev–Trinajstić information content (AvgIpc) is 2.86. The van der Waals surface area contributed by atoms with Gasteiger partial charge in [0.05, 0.1) is 11.9 Å². The van der Waals surface area contributed by atoms with Crippen molar-refractivity contribution in [2.45, 2.75) is 25.9 Å². The molecule has 1 atom stereocenters. The van der Waals surface area contributed by atoms with Crippen LogP contribution in [-0.2, 0) is 32.6 Å². The second-order valence-corrected chi connectivity index (χ2v) is 10.5. The zero-order chi connectivity index (χ0) is 26.3. The molecule has 0 aromatic heterocycles. The van der Waals surface area contributed by atoms with E-state index in [0.29, 0.717) is 11.3 Å². The fourth-order valence-corrected chi connectivity index (χ4v) is 4.68. The van der Waals surface area contributed by atoms with Gasteiger partial charge in [0, 0.05) is 20.0 Å². The number of halogens is 1. The highest BCUT2D eigenvalue weighted by atomic mass is 32.2. The van der Waals surface area contributed by atoms with E-state index in [1.807, 2.05) is 37.3 Å². The largest absolute Gasteiger partial charge is 0.357 e. The van der Waals surface area contributed by atoms with Crippen molar-refractivity contribution in [2.24, 2.45) is 0 Å². The van der Waals surface area contributed by atoms with Crippen LogP contribution < -0.4 is 9.62 Å². The summed E-state index contributed by atoms with van der Waals surface area (Å²) in [7, 11) is -2.33. The number of hydrogen-bond donors (Lipinski definition) is 1. The number of nitrogens with zero attached hydrogens (tertiary/aromatic N) is 2. The third kappa shape index (κ3) is 7.14. The van der Waals surface area contributed by atoms with Gasteiger partial charge in [0.25, 0.3) is 0 Å². The van der Waals surface area contributed by atoms with Gasteiger partial charge in [-0.25, -0.2) is 12.8 Å². The van der Waals surface area contributed by atoms with E-state index in [4.69, 9.17) is 0 Å². The Bertz CT molecular complexity index is 1280. The minimum absolute atomic E-state index is 0.00443. The zero-order valence-electron chi connectivity index (χ0n) is 20.5. The molecule has 0 unspecified atom stereocenters. The van der Waals surface area contributed by atoms with Gasteiger partial charge >= 0.3 is 0 Å². The number of benzene rings is 3. The van der Waals surface area contributed by atoms with E-state index in [9.17, 15) is 22.4 Å². The summed E-state index contributed by atoms with van der Waals surface area (Å²) < 4.78 is 39.8. The van der Waals surface area contributed by atoms with Gasteiger partial charge in [0.1, 0.15) is 18.4 Å². The molecule has 0 aliphatic rings. The van der Waals surface area contributed by atoms with E-state index in [-0.39, 0.29) is 13.0 Å². The van der Waals surface area contributed by atoms with Gasteiger partial charge in [-0.1, -0.05) is 60.2 Å². The number of nitrogens with one attached hydrogen (secondary N) is 1. The SMILES string of the molecule is CNC(=O)[C@H](Cc1ccccc1)N(Cc1ccc(F)cc1)C(=O)CN(c1ccc(C)cc1)S(C)(=O)=O. The molecular formula is C27H30FN3O4S. The molecule has 0 radical (unpaired) electrons. The Hall–Kier alpha value is -3.72. The van der Waals surface area contributed by atoms with E-state index < -0.39 is 40.2 Å².